The molecule has 1 aromatic rings. The van der Waals surface area contributed by atoms with Crippen LogP contribution in [0.1, 0.15) is 30.0 Å². The molecule has 0 saturated carbocycles. The number of aliphatic hydroxyl groups is 1. The fourth-order valence-corrected chi connectivity index (χ4v) is 2.76. The molecule has 4 nitrogen and oxygen atoms in total. The van der Waals surface area contributed by atoms with E-state index in [-0.39, 0.29) is 13.0 Å². The van der Waals surface area contributed by atoms with E-state index in [1.54, 1.807) is 0 Å². The molecular formula is C13H21NO3S. The standard InChI is InChI=1S/C13H21NO3S/c1-9(2)12(5-6-15)14-8-11-4-3-10(18-11)7-13(16)17/h3-4,9,12,14-15H,5-8H2,1-2H3,(H,16,17). The van der Waals surface area contributed by atoms with Crippen molar-refractivity contribution in [3.05, 3.63) is 21.9 Å². The minimum atomic E-state index is -0.795. The van der Waals surface area contributed by atoms with E-state index in [1.807, 2.05) is 12.1 Å². The summed E-state index contributed by atoms with van der Waals surface area (Å²) in [5.41, 5.74) is 0. The number of aliphatic hydroxyl groups excluding tert-OH is 1. The first kappa shape index (κ1) is 15.1. The highest BCUT2D eigenvalue weighted by atomic mass is 32.1. The largest absolute Gasteiger partial charge is 0.481 e. The number of nitrogens with one attached hydrogen (secondary N) is 1. The predicted octanol–water partition coefficient (Wildman–Crippen LogP) is 1.87. The normalized spacial score (nSPS) is 12.9. The van der Waals surface area contributed by atoms with Gasteiger partial charge in [0, 0.05) is 28.9 Å². The Labute approximate surface area is 112 Å². The van der Waals surface area contributed by atoms with Crippen LogP contribution in [-0.4, -0.2) is 28.8 Å². The zero-order chi connectivity index (χ0) is 13.5. The van der Waals surface area contributed by atoms with Gasteiger partial charge < -0.3 is 15.5 Å². The molecule has 0 saturated heterocycles. The Morgan fingerprint density at radius 2 is 2.06 bits per heavy atom. The van der Waals surface area contributed by atoms with Crippen LogP contribution in [0.5, 0.6) is 0 Å². The van der Waals surface area contributed by atoms with E-state index >= 15 is 0 Å². The number of rotatable bonds is 8. The van der Waals surface area contributed by atoms with Gasteiger partial charge in [0.15, 0.2) is 0 Å². The van der Waals surface area contributed by atoms with Gasteiger partial charge in [-0.3, -0.25) is 4.79 Å². The lowest BCUT2D eigenvalue weighted by atomic mass is 10.0. The third kappa shape index (κ3) is 5.16. The zero-order valence-electron chi connectivity index (χ0n) is 10.8. The summed E-state index contributed by atoms with van der Waals surface area (Å²) in [6, 6.07) is 4.12. The van der Waals surface area contributed by atoms with Crippen molar-refractivity contribution >= 4 is 17.3 Å². The number of thiophene rings is 1. The molecule has 0 aromatic carbocycles. The fourth-order valence-electron chi connectivity index (χ4n) is 1.80. The Morgan fingerprint density at radius 3 is 2.61 bits per heavy atom. The first-order chi connectivity index (χ1) is 8.52. The zero-order valence-corrected chi connectivity index (χ0v) is 11.7. The maximum Gasteiger partial charge on any atom is 0.308 e. The van der Waals surface area contributed by atoms with Crippen LogP contribution in [-0.2, 0) is 17.8 Å². The highest BCUT2D eigenvalue weighted by Gasteiger charge is 2.12. The van der Waals surface area contributed by atoms with Crippen molar-refractivity contribution in [1.82, 2.24) is 5.32 Å². The minimum Gasteiger partial charge on any atom is -0.481 e. The molecule has 18 heavy (non-hydrogen) atoms. The molecule has 102 valence electrons. The second-order valence-corrected chi connectivity index (χ2v) is 5.94. The van der Waals surface area contributed by atoms with Crippen LogP contribution in [0.25, 0.3) is 0 Å². The van der Waals surface area contributed by atoms with Gasteiger partial charge in [-0.25, -0.2) is 0 Å². The summed E-state index contributed by atoms with van der Waals surface area (Å²) >= 11 is 1.53. The third-order valence-electron chi connectivity index (χ3n) is 2.83. The highest BCUT2D eigenvalue weighted by Crippen LogP contribution is 2.17. The minimum absolute atomic E-state index is 0.0922. The topological polar surface area (TPSA) is 69.6 Å². The Hall–Kier alpha value is -0.910. The molecule has 0 amide bonds. The number of hydrogen-bond acceptors (Lipinski definition) is 4. The van der Waals surface area contributed by atoms with E-state index in [9.17, 15) is 4.79 Å². The maximum absolute atomic E-state index is 10.6. The van der Waals surface area contributed by atoms with Crippen LogP contribution < -0.4 is 5.32 Å². The van der Waals surface area contributed by atoms with Crippen LogP contribution >= 0.6 is 11.3 Å². The molecule has 0 aliphatic heterocycles. The van der Waals surface area contributed by atoms with Crippen molar-refractivity contribution in [3.63, 3.8) is 0 Å². The van der Waals surface area contributed by atoms with Gasteiger partial charge in [0.1, 0.15) is 0 Å². The maximum atomic E-state index is 10.6. The van der Waals surface area contributed by atoms with E-state index in [1.165, 1.54) is 11.3 Å². The van der Waals surface area contributed by atoms with Crippen molar-refractivity contribution in [2.75, 3.05) is 6.61 Å². The molecule has 1 heterocycles. The van der Waals surface area contributed by atoms with Crippen molar-refractivity contribution in [3.8, 4) is 0 Å². The lowest BCUT2D eigenvalue weighted by molar-refractivity contribution is -0.136. The second kappa shape index (κ2) is 7.51. The molecule has 1 atom stereocenters. The van der Waals surface area contributed by atoms with Gasteiger partial charge in [-0.2, -0.15) is 0 Å². The summed E-state index contributed by atoms with van der Waals surface area (Å²) < 4.78 is 0. The molecule has 0 bridgehead atoms. The quantitative estimate of drug-likeness (QED) is 0.675. The summed E-state index contributed by atoms with van der Waals surface area (Å²) in [5, 5.41) is 21.1. The van der Waals surface area contributed by atoms with E-state index in [0.29, 0.717) is 12.0 Å². The summed E-state index contributed by atoms with van der Waals surface area (Å²) in [6.45, 7) is 5.16. The van der Waals surface area contributed by atoms with Crippen LogP contribution in [0.3, 0.4) is 0 Å². The molecule has 5 heteroatoms. The fraction of sp³-hybridized carbons (Fsp3) is 0.615. The Bertz CT molecular complexity index is 376. The molecule has 0 aliphatic rings. The van der Waals surface area contributed by atoms with Gasteiger partial charge in [-0.15, -0.1) is 11.3 Å². The van der Waals surface area contributed by atoms with Gasteiger partial charge in [0.2, 0.25) is 0 Å². The predicted molar refractivity (Wildman–Crippen MR) is 72.8 cm³/mol. The van der Waals surface area contributed by atoms with Gasteiger partial charge in [-0.1, -0.05) is 13.8 Å². The highest BCUT2D eigenvalue weighted by molar-refractivity contribution is 7.12. The number of carboxylic acid groups (broad SMARTS) is 1. The third-order valence-corrected chi connectivity index (χ3v) is 3.91. The smallest absolute Gasteiger partial charge is 0.308 e. The van der Waals surface area contributed by atoms with Gasteiger partial charge in [-0.05, 0) is 24.5 Å². The molecule has 0 spiro atoms. The number of carbonyl (C=O) groups is 1. The summed E-state index contributed by atoms with van der Waals surface area (Å²) in [4.78, 5) is 12.6. The molecule has 3 N–H and O–H groups in total. The van der Waals surface area contributed by atoms with Crippen molar-refractivity contribution in [2.45, 2.75) is 39.3 Å². The van der Waals surface area contributed by atoms with Gasteiger partial charge >= 0.3 is 5.97 Å². The van der Waals surface area contributed by atoms with Crippen LogP contribution in [0, 0.1) is 5.92 Å². The molecular weight excluding hydrogens is 250 g/mol. The SMILES string of the molecule is CC(C)C(CCO)NCc1ccc(CC(=O)O)s1. The van der Waals surface area contributed by atoms with Crippen molar-refractivity contribution in [1.29, 1.82) is 0 Å². The first-order valence-corrected chi connectivity index (χ1v) is 6.98. The lowest BCUT2D eigenvalue weighted by Crippen LogP contribution is -2.33. The molecule has 0 aliphatic carbocycles. The van der Waals surface area contributed by atoms with E-state index in [4.69, 9.17) is 10.2 Å². The van der Waals surface area contributed by atoms with Crippen LogP contribution in [0.2, 0.25) is 0 Å². The molecule has 0 fully saturated rings. The van der Waals surface area contributed by atoms with E-state index in [2.05, 4.69) is 19.2 Å². The average Bonchev–Trinajstić information content (AvgIpc) is 2.70. The monoisotopic (exact) mass is 271 g/mol. The van der Waals surface area contributed by atoms with Crippen molar-refractivity contribution in [2.24, 2.45) is 5.92 Å². The molecule has 0 radical (unpaired) electrons. The molecule has 1 unspecified atom stereocenters. The molecule has 1 rings (SSSR count). The lowest BCUT2D eigenvalue weighted by Gasteiger charge is -2.21. The van der Waals surface area contributed by atoms with E-state index in [0.717, 1.165) is 22.7 Å². The number of aliphatic carboxylic acids is 1. The number of carboxylic acids is 1. The van der Waals surface area contributed by atoms with Crippen LogP contribution in [0.15, 0.2) is 12.1 Å². The number of hydrogen-bond donors (Lipinski definition) is 3. The summed E-state index contributed by atoms with van der Waals surface area (Å²) in [7, 11) is 0. The summed E-state index contributed by atoms with van der Waals surface area (Å²) in [6.07, 6.45) is 0.833. The van der Waals surface area contributed by atoms with Crippen molar-refractivity contribution < 1.29 is 15.0 Å². The average molecular weight is 271 g/mol. The first-order valence-electron chi connectivity index (χ1n) is 6.16. The second-order valence-electron chi connectivity index (χ2n) is 4.68. The Kier molecular flexibility index (Phi) is 6.32. The van der Waals surface area contributed by atoms with Gasteiger partial charge in [0.05, 0.1) is 6.42 Å². The molecule has 1 aromatic heterocycles. The summed E-state index contributed by atoms with van der Waals surface area (Å²) in [5.74, 6) is -0.327. The van der Waals surface area contributed by atoms with Crippen LogP contribution in [0.4, 0.5) is 0 Å². The van der Waals surface area contributed by atoms with Gasteiger partial charge in [0.25, 0.3) is 0 Å². The van der Waals surface area contributed by atoms with E-state index < -0.39 is 5.97 Å². The Morgan fingerprint density at radius 1 is 1.39 bits per heavy atom. The Balaban J connectivity index is 2.46.